The molecular weight excluding hydrogens is 276 g/mol. The summed E-state index contributed by atoms with van der Waals surface area (Å²) in [7, 11) is 1.51. The SMILES string of the molecule is C=C1c2ccccc2C(=O)c2c(N)cc(OC)c(N)c21.CC. The van der Waals surface area contributed by atoms with Crippen molar-refractivity contribution < 1.29 is 9.53 Å². The molecule has 0 saturated carbocycles. The van der Waals surface area contributed by atoms with Crippen molar-refractivity contribution in [2.45, 2.75) is 13.8 Å². The summed E-state index contributed by atoms with van der Waals surface area (Å²) in [6.45, 7) is 8.07. The van der Waals surface area contributed by atoms with E-state index in [4.69, 9.17) is 16.2 Å². The fourth-order valence-electron chi connectivity index (χ4n) is 2.63. The number of ether oxygens (including phenoxy) is 1. The number of benzene rings is 2. The van der Waals surface area contributed by atoms with E-state index in [9.17, 15) is 4.79 Å². The van der Waals surface area contributed by atoms with Crippen LogP contribution in [-0.4, -0.2) is 12.9 Å². The van der Waals surface area contributed by atoms with Crippen LogP contribution >= 0.6 is 0 Å². The Morgan fingerprint density at radius 1 is 1.05 bits per heavy atom. The van der Waals surface area contributed by atoms with Crippen LogP contribution in [0.25, 0.3) is 5.57 Å². The van der Waals surface area contributed by atoms with E-state index in [1.165, 1.54) is 7.11 Å². The first-order valence-corrected chi connectivity index (χ1v) is 7.15. The Morgan fingerprint density at radius 3 is 2.23 bits per heavy atom. The highest BCUT2D eigenvalue weighted by Gasteiger charge is 2.30. The second kappa shape index (κ2) is 5.93. The van der Waals surface area contributed by atoms with Gasteiger partial charge in [-0.05, 0) is 11.1 Å². The average Bonchev–Trinajstić information content (AvgIpc) is 2.56. The van der Waals surface area contributed by atoms with E-state index in [2.05, 4.69) is 6.58 Å². The highest BCUT2D eigenvalue weighted by Crippen LogP contribution is 2.44. The van der Waals surface area contributed by atoms with Crippen LogP contribution in [0.5, 0.6) is 5.75 Å². The van der Waals surface area contributed by atoms with Crippen LogP contribution in [0.4, 0.5) is 11.4 Å². The van der Waals surface area contributed by atoms with E-state index in [1.807, 2.05) is 32.0 Å². The summed E-state index contributed by atoms with van der Waals surface area (Å²) in [4.78, 5) is 12.6. The second-order valence-corrected chi connectivity index (χ2v) is 4.68. The minimum atomic E-state index is -0.130. The van der Waals surface area contributed by atoms with Gasteiger partial charge in [-0.2, -0.15) is 0 Å². The maximum absolute atomic E-state index is 12.6. The maximum atomic E-state index is 12.6. The third-order valence-electron chi connectivity index (χ3n) is 3.61. The molecule has 3 rings (SSSR count). The number of hydrogen-bond donors (Lipinski definition) is 2. The summed E-state index contributed by atoms with van der Waals surface area (Å²) in [6, 6.07) is 8.88. The van der Waals surface area contributed by atoms with Gasteiger partial charge in [0.25, 0.3) is 0 Å². The first-order valence-electron chi connectivity index (χ1n) is 7.15. The van der Waals surface area contributed by atoms with Gasteiger partial charge in [0.2, 0.25) is 0 Å². The molecule has 4 N–H and O–H groups in total. The Kier molecular flexibility index (Phi) is 4.22. The summed E-state index contributed by atoms with van der Waals surface area (Å²) >= 11 is 0. The molecule has 0 heterocycles. The molecule has 0 aliphatic heterocycles. The third-order valence-corrected chi connectivity index (χ3v) is 3.61. The molecule has 0 saturated heterocycles. The molecule has 0 bridgehead atoms. The topological polar surface area (TPSA) is 78.3 Å². The molecular formula is C18H20N2O2. The van der Waals surface area contributed by atoms with Gasteiger partial charge in [0, 0.05) is 22.9 Å². The minimum absolute atomic E-state index is 0.130. The Labute approximate surface area is 130 Å². The van der Waals surface area contributed by atoms with Crippen molar-refractivity contribution in [3.05, 3.63) is 59.2 Å². The molecule has 114 valence electrons. The van der Waals surface area contributed by atoms with Crippen molar-refractivity contribution in [3.63, 3.8) is 0 Å². The molecule has 1 aliphatic rings. The Morgan fingerprint density at radius 2 is 1.64 bits per heavy atom. The molecule has 22 heavy (non-hydrogen) atoms. The molecule has 2 aromatic carbocycles. The molecule has 0 aromatic heterocycles. The zero-order valence-electron chi connectivity index (χ0n) is 13.1. The number of fused-ring (bicyclic) bond motifs is 2. The number of nitrogens with two attached hydrogens (primary N) is 2. The summed E-state index contributed by atoms with van der Waals surface area (Å²) in [5, 5.41) is 0. The smallest absolute Gasteiger partial charge is 0.196 e. The summed E-state index contributed by atoms with van der Waals surface area (Å²) in [6.07, 6.45) is 0. The fourth-order valence-corrected chi connectivity index (χ4v) is 2.63. The number of carbonyl (C=O) groups excluding carboxylic acids is 1. The molecule has 4 heteroatoms. The van der Waals surface area contributed by atoms with Crippen LogP contribution in [0.3, 0.4) is 0 Å². The number of ketones is 1. The number of carbonyl (C=O) groups is 1. The van der Waals surface area contributed by atoms with Crippen LogP contribution < -0.4 is 16.2 Å². The summed E-state index contributed by atoms with van der Waals surface area (Å²) in [5.74, 6) is 0.324. The van der Waals surface area contributed by atoms with Gasteiger partial charge in [0.1, 0.15) is 5.75 Å². The van der Waals surface area contributed by atoms with Crippen LogP contribution in [0.1, 0.15) is 40.9 Å². The molecule has 0 radical (unpaired) electrons. The predicted octanol–water partition coefficient (Wildman–Crippen LogP) is 3.49. The van der Waals surface area contributed by atoms with Gasteiger partial charge in [-0.15, -0.1) is 0 Å². The van der Waals surface area contributed by atoms with Gasteiger partial charge in [0.05, 0.1) is 18.4 Å². The van der Waals surface area contributed by atoms with E-state index < -0.39 is 0 Å². The van der Waals surface area contributed by atoms with Crippen LogP contribution in [0, 0.1) is 0 Å². The first-order chi connectivity index (χ1) is 10.6. The van der Waals surface area contributed by atoms with Crippen molar-refractivity contribution in [2.24, 2.45) is 0 Å². The molecule has 0 amide bonds. The number of methoxy groups -OCH3 is 1. The molecule has 0 atom stereocenters. The minimum Gasteiger partial charge on any atom is -0.494 e. The van der Waals surface area contributed by atoms with Crippen LogP contribution in [-0.2, 0) is 0 Å². The summed E-state index contributed by atoms with van der Waals surface area (Å²) < 4.78 is 5.21. The number of rotatable bonds is 1. The highest BCUT2D eigenvalue weighted by atomic mass is 16.5. The van der Waals surface area contributed by atoms with Gasteiger partial charge in [0.15, 0.2) is 5.78 Å². The highest BCUT2D eigenvalue weighted by molar-refractivity contribution is 6.22. The first kappa shape index (κ1) is 15.6. The zero-order chi connectivity index (χ0) is 16.4. The third kappa shape index (κ3) is 2.13. The molecule has 1 aliphatic carbocycles. The Hall–Kier alpha value is -2.75. The predicted molar refractivity (Wildman–Crippen MR) is 91.2 cm³/mol. The second-order valence-electron chi connectivity index (χ2n) is 4.68. The van der Waals surface area contributed by atoms with E-state index in [0.29, 0.717) is 39.4 Å². The van der Waals surface area contributed by atoms with Gasteiger partial charge in [-0.25, -0.2) is 0 Å². The lowest BCUT2D eigenvalue weighted by Gasteiger charge is -2.24. The monoisotopic (exact) mass is 296 g/mol. The fraction of sp³-hybridized carbons (Fsp3) is 0.167. The maximum Gasteiger partial charge on any atom is 0.196 e. The van der Waals surface area contributed by atoms with Crippen LogP contribution in [0.15, 0.2) is 36.9 Å². The number of anilines is 2. The van der Waals surface area contributed by atoms with Crippen molar-refractivity contribution in [1.82, 2.24) is 0 Å². The van der Waals surface area contributed by atoms with E-state index in [0.717, 1.165) is 5.56 Å². The van der Waals surface area contributed by atoms with Crippen molar-refractivity contribution in [1.29, 1.82) is 0 Å². The molecule has 0 fully saturated rings. The van der Waals surface area contributed by atoms with Gasteiger partial charge < -0.3 is 16.2 Å². The van der Waals surface area contributed by atoms with Crippen molar-refractivity contribution in [2.75, 3.05) is 18.6 Å². The quantitative estimate of drug-likeness (QED) is 0.674. The van der Waals surface area contributed by atoms with E-state index in [-0.39, 0.29) is 5.78 Å². The lowest BCUT2D eigenvalue weighted by molar-refractivity contribution is 0.103. The Balaban J connectivity index is 0.000000847. The van der Waals surface area contributed by atoms with Gasteiger partial charge >= 0.3 is 0 Å². The molecule has 2 aromatic rings. The van der Waals surface area contributed by atoms with Crippen molar-refractivity contribution in [3.8, 4) is 5.75 Å². The zero-order valence-corrected chi connectivity index (χ0v) is 13.1. The Bertz CT molecular complexity index is 764. The van der Waals surface area contributed by atoms with Gasteiger partial charge in [-0.3, -0.25) is 4.79 Å². The lowest BCUT2D eigenvalue weighted by Crippen LogP contribution is -2.18. The van der Waals surface area contributed by atoms with Gasteiger partial charge in [-0.1, -0.05) is 44.7 Å². The van der Waals surface area contributed by atoms with E-state index >= 15 is 0 Å². The van der Waals surface area contributed by atoms with E-state index in [1.54, 1.807) is 12.1 Å². The largest absolute Gasteiger partial charge is 0.494 e. The normalized spacial score (nSPS) is 12.0. The summed E-state index contributed by atoms with van der Waals surface area (Å²) in [5.41, 5.74) is 15.9. The number of hydrogen-bond acceptors (Lipinski definition) is 4. The lowest BCUT2D eigenvalue weighted by atomic mass is 9.80. The molecule has 0 spiro atoms. The molecule has 4 nitrogen and oxygen atoms in total. The standard InChI is InChI=1S/C16H14N2O2.C2H6/c1-8-9-5-3-4-6-10(9)16(19)14-11(17)7-12(20-2)15(18)13(8)14;1-2/h3-7H,1,17-18H2,2H3;1-2H3. The van der Waals surface area contributed by atoms with Crippen molar-refractivity contribution >= 4 is 22.7 Å². The average molecular weight is 296 g/mol. The van der Waals surface area contributed by atoms with Crippen LogP contribution in [0.2, 0.25) is 0 Å². The number of nitrogen functional groups attached to an aromatic ring is 2. The molecule has 0 unspecified atom stereocenters.